The molecule has 1 aliphatic rings. The number of alkyl halides is 1. The van der Waals surface area contributed by atoms with Crippen LogP contribution >= 0.6 is 0 Å². The van der Waals surface area contributed by atoms with Crippen molar-refractivity contribution in [3.63, 3.8) is 0 Å². The van der Waals surface area contributed by atoms with Crippen molar-refractivity contribution in [2.24, 2.45) is 0 Å². The molecule has 0 amide bonds. The summed E-state index contributed by atoms with van der Waals surface area (Å²) in [6, 6.07) is 0. The lowest BCUT2D eigenvalue weighted by Crippen LogP contribution is -2.46. The number of aromatic nitrogens is 2. The van der Waals surface area contributed by atoms with Gasteiger partial charge in [-0.25, -0.2) is 9.18 Å². The molecule has 0 radical (unpaired) electrons. The fraction of sp³-hybridized carbons (Fsp3) is 0.500. The van der Waals surface area contributed by atoms with Crippen LogP contribution in [0.3, 0.4) is 0 Å². The van der Waals surface area contributed by atoms with Gasteiger partial charge >= 0.3 is 5.69 Å². The van der Waals surface area contributed by atoms with Crippen LogP contribution in [0.2, 0.25) is 0 Å². The third-order valence-electron chi connectivity index (χ3n) is 3.26. The molecule has 3 N–H and O–H groups in total. The predicted octanol–water partition coefficient (Wildman–Crippen LogP) is -1.34. The SMILES string of the molecule is C#CC1(F)[C@@H](O)[C@@H]([C@H](C)O)O[C@H]1n1cc(F)c(=O)[nH]c1=O. The van der Waals surface area contributed by atoms with Gasteiger partial charge in [-0.3, -0.25) is 14.3 Å². The number of rotatable bonds is 2. The first kappa shape index (κ1) is 15.4. The highest BCUT2D eigenvalue weighted by molar-refractivity contribution is 5.20. The highest BCUT2D eigenvalue weighted by atomic mass is 19.1. The lowest BCUT2D eigenvalue weighted by Gasteiger charge is -2.23. The van der Waals surface area contributed by atoms with Gasteiger partial charge in [0.1, 0.15) is 12.2 Å². The Labute approximate surface area is 116 Å². The number of aliphatic hydroxyl groups is 2. The van der Waals surface area contributed by atoms with Crippen molar-refractivity contribution in [2.75, 3.05) is 0 Å². The number of hydrogen-bond donors (Lipinski definition) is 3. The highest BCUT2D eigenvalue weighted by Gasteiger charge is 2.59. The summed E-state index contributed by atoms with van der Waals surface area (Å²) in [5.41, 5.74) is -5.33. The number of ether oxygens (including phenoxy) is 1. The topological polar surface area (TPSA) is 105 Å². The molecule has 0 spiro atoms. The van der Waals surface area contributed by atoms with E-state index in [4.69, 9.17) is 11.2 Å². The van der Waals surface area contributed by atoms with E-state index in [0.717, 1.165) is 0 Å². The molecule has 1 aromatic heterocycles. The van der Waals surface area contributed by atoms with E-state index in [1.54, 1.807) is 10.9 Å². The summed E-state index contributed by atoms with van der Waals surface area (Å²) in [4.78, 5) is 24.2. The Balaban J connectivity index is 2.58. The molecule has 0 aliphatic carbocycles. The average Bonchev–Trinajstić information content (AvgIpc) is 2.68. The fourth-order valence-electron chi connectivity index (χ4n) is 2.14. The zero-order valence-corrected chi connectivity index (χ0v) is 10.8. The third-order valence-corrected chi connectivity index (χ3v) is 3.26. The van der Waals surface area contributed by atoms with Crippen molar-refractivity contribution in [3.8, 4) is 12.3 Å². The number of hydrogen-bond acceptors (Lipinski definition) is 5. The number of H-pyrrole nitrogens is 1. The normalized spacial score (nSPS) is 33.6. The number of terminal acetylenes is 1. The lowest BCUT2D eigenvalue weighted by molar-refractivity contribution is -0.0805. The van der Waals surface area contributed by atoms with Gasteiger partial charge in [0, 0.05) is 0 Å². The van der Waals surface area contributed by atoms with E-state index in [1.165, 1.54) is 6.92 Å². The molecule has 5 atom stereocenters. The van der Waals surface area contributed by atoms with Crippen molar-refractivity contribution in [1.82, 2.24) is 9.55 Å². The van der Waals surface area contributed by atoms with Crippen LogP contribution in [-0.2, 0) is 4.74 Å². The molecule has 1 aliphatic heterocycles. The smallest absolute Gasteiger partial charge is 0.330 e. The first-order valence-corrected chi connectivity index (χ1v) is 5.91. The Morgan fingerprint density at radius 1 is 1.62 bits per heavy atom. The van der Waals surface area contributed by atoms with Crippen LogP contribution in [-0.4, -0.2) is 43.7 Å². The minimum Gasteiger partial charge on any atom is -0.391 e. The summed E-state index contributed by atoms with van der Waals surface area (Å²) in [5, 5.41) is 19.3. The molecule has 0 saturated carbocycles. The van der Waals surface area contributed by atoms with E-state index in [2.05, 4.69) is 0 Å². The van der Waals surface area contributed by atoms with E-state index >= 15 is 0 Å². The summed E-state index contributed by atoms with van der Waals surface area (Å²) in [5.74, 6) is 0.304. The first-order valence-electron chi connectivity index (χ1n) is 5.91. The molecular weight excluding hydrogens is 290 g/mol. The zero-order valence-electron chi connectivity index (χ0n) is 10.8. The number of aromatic amines is 1. The molecule has 0 bridgehead atoms. The zero-order chi connectivity index (χ0) is 15.9. The second-order valence-corrected chi connectivity index (χ2v) is 4.69. The second kappa shape index (κ2) is 5.07. The van der Waals surface area contributed by atoms with Crippen molar-refractivity contribution in [2.45, 2.75) is 37.1 Å². The lowest BCUT2D eigenvalue weighted by atomic mass is 9.95. The van der Waals surface area contributed by atoms with Gasteiger partial charge in [-0.1, -0.05) is 5.92 Å². The molecule has 1 saturated heterocycles. The van der Waals surface area contributed by atoms with Crippen LogP contribution in [0.5, 0.6) is 0 Å². The van der Waals surface area contributed by atoms with Gasteiger partial charge < -0.3 is 14.9 Å². The maximum absolute atomic E-state index is 14.7. The molecule has 7 nitrogen and oxygen atoms in total. The fourth-order valence-corrected chi connectivity index (χ4v) is 2.14. The van der Waals surface area contributed by atoms with Crippen LogP contribution in [0.1, 0.15) is 13.2 Å². The Bertz CT molecular complexity index is 707. The minimum atomic E-state index is -2.88. The summed E-state index contributed by atoms with van der Waals surface area (Å²) in [6.07, 6.45) is -1.08. The molecular formula is C12H12F2N2O5. The predicted molar refractivity (Wildman–Crippen MR) is 65.6 cm³/mol. The van der Waals surface area contributed by atoms with Gasteiger partial charge in [-0.15, -0.1) is 6.42 Å². The summed E-state index contributed by atoms with van der Waals surface area (Å²) < 4.78 is 33.4. The maximum atomic E-state index is 14.7. The molecule has 2 rings (SSSR count). The van der Waals surface area contributed by atoms with Crippen molar-refractivity contribution in [3.05, 3.63) is 32.9 Å². The second-order valence-electron chi connectivity index (χ2n) is 4.69. The van der Waals surface area contributed by atoms with Crippen molar-refractivity contribution < 1.29 is 23.7 Å². The van der Waals surface area contributed by atoms with Gasteiger partial charge in [0.15, 0.2) is 6.23 Å². The largest absolute Gasteiger partial charge is 0.391 e. The van der Waals surface area contributed by atoms with Gasteiger partial charge in [-0.05, 0) is 6.92 Å². The quantitative estimate of drug-likeness (QED) is 0.586. The average molecular weight is 302 g/mol. The van der Waals surface area contributed by atoms with E-state index in [9.17, 15) is 28.6 Å². The van der Waals surface area contributed by atoms with Gasteiger partial charge in [0.05, 0.1) is 12.3 Å². The van der Waals surface area contributed by atoms with Crippen LogP contribution < -0.4 is 11.2 Å². The Hall–Kier alpha value is -2.02. The number of nitrogens with one attached hydrogen (secondary N) is 1. The molecule has 21 heavy (non-hydrogen) atoms. The van der Waals surface area contributed by atoms with Crippen molar-refractivity contribution >= 4 is 0 Å². The van der Waals surface area contributed by atoms with E-state index in [0.29, 0.717) is 10.8 Å². The molecule has 1 fully saturated rings. The Kier molecular flexibility index (Phi) is 3.71. The monoisotopic (exact) mass is 302 g/mol. The molecule has 9 heteroatoms. The molecule has 1 unspecified atom stereocenters. The summed E-state index contributed by atoms with van der Waals surface area (Å²) in [7, 11) is 0. The van der Waals surface area contributed by atoms with E-state index < -0.39 is 47.3 Å². The van der Waals surface area contributed by atoms with Crippen LogP contribution in [0.15, 0.2) is 15.8 Å². The van der Waals surface area contributed by atoms with Crippen LogP contribution in [0, 0.1) is 18.2 Å². The first-order chi connectivity index (χ1) is 9.72. The maximum Gasteiger partial charge on any atom is 0.330 e. The number of nitrogens with zero attached hydrogens (tertiary/aromatic N) is 1. The Morgan fingerprint density at radius 3 is 2.76 bits per heavy atom. The number of halogens is 2. The molecule has 2 heterocycles. The standard InChI is InChI=1S/C12H12F2N2O5/c1-3-12(14)8(18)7(5(2)17)21-10(12)16-4-6(13)9(19)15-11(16)20/h1,4-5,7-8,10,17-18H,2H3,(H,15,19,20)/t5-,7+,8-,10+,12?/m0/s1. The Morgan fingerprint density at radius 2 is 2.24 bits per heavy atom. The van der Waals surface area contributed by atoms with Crippen LogP contribution in [0.25, 0.3) is 0 Å². The van der Waals surface area contributed by atoms with Gasteiger partial charge in [0.25, 0.3) is 5.56 Å². The molecule has 114 valence electrons. The molecule has 1 aromatic rings. The highest BCUT2D eigenvalue weighted by Crippen LogP contribution is 2.41. The summed E-state index contributed by atoms with van der Waals surface area (Å²) in [6.45, 7) is 1.23. The van der Waals surface area contributed by atoms with Gasteiger partial charge in [-0.2, -0.15) is 4.39 Å². The third kappa shape index (κ3) is 2.27. The minimum absolute atomic E-state index is 0.391. The molecule has 0 aromatic carbocycles. The van der Waals surface area contributed by atoms with E-state index in [-0.39, 0.29) is 0 Å². The summed E-state index contributed by atoms with van der Waals surface area (Å²) >= 11 is 0. The van der Waals surface area contributed by atoms with E-state index in [1.807, 2.05) is 0 Å². The van der Waals surface area contributed by atoms with Gasteiger partial charge in [0.2, 0.25) is 11.5 Å². The van der Waals surface area contributed by atoms with Crippen molar-refractivity contribution in [1.29, 1.82) is 0 Å². The van der Waals surface area contributed by atoms with Crippen LogP contribution in [0.4, 0.5) is 8.78 Å². The number of aliphatic hydroxyl groups excluding tert-OH is 2.